The normalized spacial score (nSPS) is 11.9. The van der Waals surface area contributed by atoms with Crippen LogP contribution in [-0.2, 0) is 16.2 Å². The molecule has 0 radical (unpaired) electrons. The molecule has 164 valence electrons. The molecular weight excluding hydrogens is 441 g/mol. The van der Waals surface area contributed by atoms with Crippen molar-refractivity contribution in [2.75, 3.05) is 17.8 Å². The van der Waals surface area contributed by atoms with Crippen LogP contribution in [0.15, 0.2) is 47.4 Å². The number of alkyl halides is 3. The molecule has 1 N–H and O–H groups in total. The summed E-state index contributed by atoms with van der Waals surface area (Å²) in [5.74, 6) is -0.312. The van der Waals surface area contributed by atoms with Gasteiger partial charge in [-0.2, -0.15) is 13.2 Å². The Hall–Kier alpha value is -2.26. The molecule has 5 nitrogen and oxygen atoms in total. The van der Waals surface area contributed by atoms with Gasteiger partial charge in [0.05, 0.1) is 21.2 Å². The molecule has 0 atom stereocenters. The maximum absolute atomic E-state index is 12.9. The van der Waals surface area contributed by atoms with E-state index in [1.54, 1.807) is 4.90 Å². The molecular formula is C20H22ClF3N2O3S. The topological polar surface area (TPSA) is 66.5 Å². The first-order valence-electron chi connectivity index (χ1n) is 9.28. The Balaban J connectivity index is 2.36. The van der Waals surface area contributed by atoms with Gasteiger partial charge < -0.3 is 4.90 Å². The van der Waals surface area contributed by atoms with E-state index in [1.807, 2.05) is 13.8 Å². The standard InChI is InChI=1S/C20H22ClF3N2O3S/c1-3-10-26(11-4-2)19(27)14-6-5-7-16(12-14)30(28,29)25-18-13-15(20(22,23)24)8-9-17(18)21/h5-9,12-13,25H,3-4,10-11H2,1-2H3. The van der Waals surface area contributed by atoms with Crippen molar-refractivity contribution < 1.29 is 26.4 Å². The number of carbonyl (C=O) groups is 1. The van der Waals surface area contributed by atoms with Crippen molar-refractivity contribution in [1.82, 2.24) is 4.90 Å². The van der Waals surface area contributed by atoms with Crippen molar-refractivity contribution in [3.63, 3.8) is 0 Å². The Kier molecular flexibility index (Phi) is 7.76. The highest BCUT2D eigenvalue weighted by molar-refractivity contribution is 7.92. The number of hydrogen-bond acceptors (Lipinski definition) is 3. The SMILES string of the molecule is CCCN(CCC)C(=O)c1cccc(S(=O)(=O)Nc2cc(C(F)(F)F)ccc2Cl)c1. The smallest absolute Gasteiger partial charge is 0.339 e. The van der Waals surface area contributed by atoms with Gasteiger partial charge >= 0.3 is 6.18 Å². The number of nitrogens with one attached hydrogen (secondary N) is 1. The van der Waals surface area contributed by atoms with Crippen LogP contribution in [0.5, 0.6) is 0 Å². The van der Waals surface area contributed by atoms with Crippen molar-refractivity contribution >= 4 is 33.2 Å². The van der Waals surface area contributed by atoms with Crippen LogP contribution in [0.4, 0.5) is 18.9 Å². The maximum atomic E-state index is 12.9. The molecule has 0 bridgehead atoms. The Labute approximate surface area is 178 Å². The second kappa shape index (κ2) is 9.70. The molecule has 0 saturated carbocycles. The number of benzene rings is 2. The van der Waals surface area contributed by atoms with Crippen LogP contribution in [0.25, 0.3) is 0 Å². The average molecular weight is 463 g/mol. The van der Waals surface area contributed by atoms with E-state index in [-0.39, 0.29) is 21.4 Å². The summed E-state index contributed by atoms with van der Waals surface area (Å²) in [6, 6.07) is 7.71. The second-order valence-corrected chi connectivity index (χ2v) is 8.71. The van der Waals surface area contributed by atoms with E-state index >= 15 is 0 Å². The summed E-state index contributed by atoms with van der Waals surface area (Å²) in [5.41, 5.74) is -1.26. The number of carbonyl (C=O) groups excluding carboxylic acids is 1. The number of amides is 1. The molecule has 2 rings (SSSR count). The summed E-state index contributed by atoms with van der Waals surface area (Å²) in [6.07, 6.45) is -3.15. The molecule has 2 aromatic carbocycles. The summed E-state index contributed by atoms with van der Waals surface area (Å²) in [4.78, 5) is 14.1. The lowest BCUT2D eigenvalue weighted by molar-refractivity contribution is -0.137. The highest BCUT2D eigenvalue weighted by atomic mass is 35.5. The first-order chi connectivity index (χ1) is 14.0. The summed E-state index contributed by atoms with van der Waals surface area (Å²) in [5, 5.41) is -0.184. The molecule has 0 aromatic heterocycles. The quantitative estimate of drug-likeness (QED) is 0.569. The molecule has 10 heteroatoms. The Bertz CT molecular complexity index is 1000. The van der Waals surface area contributed by atoms with E-state index in [0.717, 1.165) is 25.0 Å². The number of anilines is 1. The zero-order valence-corrected chi connectivity index (χ0v) is 18.0. The molecule has 0 aliphatic carbocycles. The summed E-state index contributed by atoms with van der Waals surface area (Å²) in [6.45, 7) is 4.92. The Morgan fingerprint density at radius 2 is 1.70 bits per heavy atom. The lowest BCUT2D eigenvalue weighted by Crippen LogP contribution is -2.32. The zero-order valence-electron chi connectivity index (χ0n) is 16.5. The molecule has 2 aromatic rings. The van der Waals surface area contributed by atoms with Crippen molar-refractivity contribution in [1.29, 1.82) is 0 Å². The van der Waals surface area contributed by atoms with E-state index in [1.165, 1.54) is 24.3 Å². The average Bonchev–Trinajstić information content (AvgIpc) is 2.68. The number of hydrogen-bond donors (Lipinski definition) is 1. The first-order valence-corrected chi connectivity index (χ1v) is 11.1. The molecule has 1 amide bonds. The van der Waals surface area contributed by atoms with Crippen molar-refractivity contribution in [2.45, 2.75) is 37.8 Å². The van der Waals surface area contributed by atoms with Crippen LogP contribution in [0.1, 0.15) is 42.6 Å². The van der Waals surface area contributed by atoms with Crippen molar-refractivity contribution in [3.8, 4) is 0 Å². The van der Waals surface area contributed by atoms with Crippen LogP contribution in [0.3, 0.4) is 0 Å². The third-order valence-corrected chi connectivity index (χ3v) is 5.90. The molecule has 0 unspecified atom stereocenters. The number of sulfonamides is 1. The van der Waals surface area contributed by atoms with Gasteiger partial charge in [0, 0.05) is 18.7 Å². The zero-order chi connectivity index (χ0) is 22.5. The van der Waals surface area contributed by atoms with Gasteiger partial charge in [0.1, 0.15) is 0 Å². The maximum Gasteiger partial charge on any atom is 0.416 e. The van der Waals surface area contributed by atoms with E-state index in [2.05, 4.69) is 4.72 Å². The summed E-state index contributed by atoms with van der Waals surface area (Å²) < 4.78 is 66.4. The summed E-state index contributed by atoms with van der Waals surface area (Å²) >= 11 is 5.88. The molecule has 0 fully saturated rings. The highest BCUT2D eigenvalue weighted by Crippen LogP contribution is 2.34. The van der Waals surface area contributed by atoms with Crippen LogP contribution >= 0.6 is 11.6 Å². The fourth-order valence-corrected chi connectivity index (χ4v) is 4.15. The number of halogens is 4. The van der Waals surface area contributed by atoms with Gasteiger partial charge in [0.15, 0.2) is 0 Å². The van der Waals surface area contributed by atoms with Gasteiger partial charge in [-0.05, 0) is 49.2 Å². The lowest BCUT2D eigenvalue weighted by Gasteiger charge is -2.21. The fourth-order valence-electron chi connectivity index (χ4n) is 2.82. The Morgan fingerprint density at radius 1 is 1.07 bits per heavy atom. The minimum absolute atomic E-state index is 0.176. The first kappa shape index (κ1) is 24.0. The van der Waals surface area contributed by atoms with Crippen molar-refractivity contribution in [3.05, 3.63) is 58.6 Å². The van der Waals surface area contributed by atoms with Crippen molar-refractivity contribution in [2.24, 2.45) is 0 Å². The fraction of sp³-hybridized carbons (Fsp3) is 0.350. The lowest BCUT2D eigenvalue weighted by atomic mass is 10.2. The van der Waals surface area contributed by atoms with Gasteiger partial charge in [0.2, 0.25) is 0 Å². The third-order valence-electron chi connectivity index (χ3n) is 4.20. The van der Waals surface area contributed by atoms with Gasteiger partial charge in [-0.15, -0.1) is 0 Å². The highest BCUT2D eigenvalue weighted by Gasteiger charge is 2.31. The monoisotopic (exact) mass is 462 g/mol. The van der Waals surface area contributed by atoms with Gasteiger partial charge in [-0.25, -0.2) is 8.42 Å². The number of rotatable bonds is 8. The molecule has 30 heavy (non-hydrogen) atoms. The second-order valence-electron chi connectivity index (χ2n) is 6.62. The minimum Gasteiger partial charge on any atom is -0.339 e. The Morgan fingerprint density at radius 3 is 2.27 bits per heavy atom. The predicted molar refractivity (Wildman–Crippen MR) is 110 cm³/mol. The van der Waals surface area contributed by atoms with Crippen LogP contribution in [-0.4, -0.2) is 32.3 Å². The third kappa shape index (κ3) is 5.89. The molecule has 0 spiro atoms. The number of nitrogens with zero attached hydrogens (tertiary/aromatic N) is 1. The molecule has 0 saturated heterocycles. The summed E-state index contributed by atoms with van der Waals surface area (Å²) in [7, 11) is -4.28. The molecule has 0 aliphatic rings. The van der Waals surface area contributed by atoms with E-state index < -0.39 is 27.5 Å². The van der Waals surface area contributed by atoms with Gasteiger partial charge in [-0.3, -0.25) is 9.52 Å². The largest absolute Gasteiger partial charge is 0.416 e. The van der Waals surface area contributed by atoms with E-state index in [4.69, 9.17) is 11.6 Å². The molecule has 0 heterocycles. The predicted octanol–water partition coefficient (Wildman–Crippen LogP) is 5.42. The van der Waals surface area contributed by atoms with Crippen LogP contribution < -0.4 is 4.72 Å². The van der Waals surface area contributed by atoms with E-state index in [9.17, 15) is 26.4 Å². The van der Waals surface area contributed by atoms with E-state index in [0.29, 0.717) is 19.2 Å². The van der Waals surface area contributed by atoms with Gasteiger partial charge in [0.25, 0.3) is 15.9 Å². The van der Waals surface area contributed by atoms with Gasteiger partial charge in [-0.1, -0.05) is 31.5 Å². The molecule has 0 aliphatic heterocycles. The van der Waals surface area contributed by atoms with Crippen LogP contribution in [0.2, 0.25) is 5.02 Å². The van der Waals surface area contributed by atoms with Crippen LogP contribution in [0, 0.1) is 0 Å². The minimum atomic E-state index is -4.65.